The molecular formula is C30H43N3O5S. The normalized spacial score (nSPS) is 14.6. The zero-order valence-corrected chi connectivity index (χ0v) is 24.7. The van der Waals surface area contributed by atoms with Gasteiger partial charge in [0.05, 0.1) is 19.1 Å². The van der Waals surface area contributed by atoms with Crippen molar-refractivity contribution in [2.24, 2.45) is 0 Å². The minimum Gasteiger partial charge on any atom is -0.497 e. The Labute approximate surface area is 233 Å². The second-order valence-corrected chi connectivity index (χ2v) is 12.5. The van der Waals surface area contributed by atoms with E-state index >= 15 is 0 Å². The Bertz CT molecular complexity index is 1200. The standard InChI is InChI=1S/C30H43N3O5S/c1-6-28(30(35)31-25-10-7-8-11-25)32(21-24-13-15-27(38-4)16-14-24)29(34)12-9-17-33(39(5,36)37)26-19-22(2)18-23(3)20-26/h13-16,18-20,25,28H,6-12,17,21H2,1-5H3,(H,31,35)/t28-/m0/s1. The molecule has 1 fully saturated rings. The number of sulfonamides is 1. The van der Waals surface area contributed by atoms with Crippen molar-refractivity contribution in [3.63, 3.8) is 0 Å². The van der Waals surface area contributed by atoms with E-state index in [4.69, 9.17) is 4.74 Å². The van der Waals surface area contributed by atoms with Crippen LogP contribution in [0, 0.1) is 13.8 Å². The van der Waals surface area contributed by atoms with E-state index in [-0.39, 0.29) is 37.4 Å². The fourth-order valence-electron chi connectivity index (χ4n) is 5.31. The van der Waals surface area contributed by atoms with Crippen LogP contribution in [0.2, 0.25) is 0 Å². The van der Waals surface area contributed by atoms with Crippen molar-refractivity contribution in [3.05, 3.63) is 59.2 Å². The van der Waals surface area contributed by atoms with Gasteiger partial charge in [0.15, 0.2) is 0 Å². The summed E-state index contributed by atoms with van der Waals surface area (Å²) < 4.78 is 31.9. The largest absolute Gasteiger partial charge is 0.497 e. The number of anilines is 1. The molecule has 2 amide bonds. The molecule has 3 rings (SSSR count). The molecule has 2 aromatic rings. The molecule has 0 bridgehead atoms. The molecule has 1 atom stereocenters. The summed E-state index contributed by atoms with van der Waals surface area (Å²) in [4.78, 5) is 28.6. The predicted octanol–water partition coefficient (Wildman–Crippen LogP) is 4.72. The van der Waals surface area contributed by atoms with Crippen LogP contribution in [0.4, 0.5) is 5.69 Å². The Balaban J connectivity index is 1.77. The summed E-state index contributed by atoms with van der Waals surface area (Å²) in [6.07, 6.45) is 6.27. The maximum Gasteiger partial charge on any atom is 0.243 e. The second-order valence-electron chi connectivity index (χ2n) is 10.6. The molecule has 1 aliphatic carbocycles. The Morgan fingerprint density at radius 1 is 1.05 bits per heavy atom. The highest BCUT2D eigenvalue weighted by Crippen LogP contribution is 2.23. The third-order valence-corrected chi connectivity index (χ3v) is 8.44. The van der Waals surface area contributed by atoms with Crippen molar-refractivity contribution in [1.29, 1.82) is 0 Å². The summed E-state index contributed by atoms with van der Waals surface area (Å²) >= 11 is 0. The minimum absolute atomic E-state index is 0.125. The van der Waals surface area contributed by atoms with Crippen molar-refractivity contribution in [2.45, 2.75) is 84.3 Å². The third-order valence-electron chi connectivity index (χ3n) is 7.25. The summed E-state index contributed by atoms with van der Waals surface area (Å²) in [5, 5.41) is 3.16. The maximum atomic E-state index is 13.6. The number of aryl methyl sites for hydroxylation is 2. The van der Waals surface area contributed by atoms with E-state index in [0.717, 1.165) is 48.1 Å². The van der Waals surface area contributed by atoms with Crippen LogP contribution in [0.3, 0.4) is 0 Å². The molecule has 1 N–H and O–H groups in total. The molecule has 0 heterocycles. The fourth-order valence-corrected chi connectivity index (χ4v) is 6.26. The number of benzene rings is 2. The molecule has 0 unspecified atom stereocenters. The summed E-state index contributed by atoms with van der Waals surface area (Å²) in [5.74, 6) is 0.419. The van der Waals surface area contributed by atoms with Gasteiger partial charge in [0.1, 0.15) is 11.8 Å². The van der Waals surface area contributed by atoms with Gasteiger partial charge in [-0.1, -0.05) is 38.0 Å². The molecule has 0 radical (unpaired) electrons. The topological polar surface area (TPSA) is 96.0 Å². The number of nitrogens with one attached hydrogen (secondary N) is 1. The summed E-state index contributed by atoms with van der Waals surface area (Å²) in [7, 11) is -1.94. The van der Waals surface area contributed by atoms with Crippen molar-refractivity contribution in [3.8, 4) is 5.75 Å². The van der Waals surface area contributed by atoms with Gasteiger partial charge in [-0.2, -0.15) is 0 Å². The first-order chi connectivity index (χ1) is 18.5. The zero-order chi connectivity index (χ0) is 28.6. The highest BCUT2D eigenvalue weighted by molar-refractivity contribution is 7.92. The van der Waals surface area contributed by atoms with Gasteiger partial charge in [0.2, 0.25) is 21.8 Å². The first kappa shape index (κ1) is 30.5. The number of carbonyl (C=O) groups excluding carboxylic acids is 2. The average Bonchev–Trinajstić information content (AvgIpc) is 3.38. The number of nitrogens with zero attached hydrogens (tertiary/aromatic N) is 2. The number of carbonyl (C=O) groups is 2. The lowest BCUT2D eigenvalue weighted by Gasteiger charge is -2.32. The molecule has 0 aromatic heterocycles. The number of amides is 2. The molecule has 0 aliphatic heterocycles. The Morgan fingerprint density at radius 2 is 1.67 bits per heavy atom. The van der Waals surface area contributed by atoms with Crippen LogP contribution < -0.4 is 14.4 Å². The summed E-state index contributed by atoms with van der Waals surface area (Å²) in [6, 6.07) is 12.7. The molecule has 1 saturated carbocycles. The first-order valence-electron chi connectivity index (χ1n) is 13.8. The molecule has 2 aromatic carbocycles. The van der Waals surface area contributed by atoms with Gasteiger partial charge in [0.25, 0.3) is 0 Å². The smallest absolute Gasteiger partial charge is 0.243 e. The van der Waals surface area contributed by atoms with Gasteiger partial charge in [-0.3, -0.25) is 13.9 Å². The van der Waals surface area contributed by atoms with E-state index in [0.29, 0.717) is 18.5 Å². The van der Waals surface area contributed by atoms with Crippen molar-refractivity contribution in [2.75, 3.05) is 24.2 Å². The quantitative estimate of drug-likeness (QED) is 0.384. The fraction of sp³-hybridized carbons (Fsp3) is 0.533. The Hall–Kier alpha value is -3.07. The molecule has 0 spiro atoms. The number of hydrogen-bond donors (Lipinski definition) is 1. The van der Waals surface area contributed by atoms with E-state index in [2.05, 4.69) is 5.32 Å². The molecule has 8 nitrogen and oxygen atoms in total. The van der Waals surface area contributed by atoms with Gasteiger partial charge in [0, 0.05) is 25.6 Å². The van der Waals surface area contributed by atoms with Gasteiger partial charge < -0.3 is 15.0 Å². The molecular weight excluding hydrogens is 514 g/mol. The molecule has 9 heteroatoms. The van der Waals surface area contributed by atoms with E-state index in [1.807, 2.05) is 63.2 Å². The van der Waals surface area contributed by atoms with Gasteiger partial charge in [-0.05, 0) is 80.5 Å². The average molecular weight is 558 g/mol. The SMILES string of the molecule is CC[C@@H](C(=O)NC1CCCC1)N(Cc1ccc(OC)cc1)C(=O)CCCN(c1cc(C)cc(C)c1)S(C)(=O)=O. The third kappa shape index (κ3) is 8.71. The van der Waals surface area contributed by atoms with Crippen LogP contribution in [0.5, 0.6) is 5.75 Å². The van der Waals surface area contributed by atoms with Crippen LogP contribution in [-0.2, 0) is 26.2 Å². The summed E-state index contributed by atoms with van der Waals surface area (Å²) in [5.41, 5.74) is 3.43. The Kier molecular flexibility index (Phi) is 10.8. The Morgan fingerprint density at radius 3 is 2.21 bits per heavy atom. The van der Waals surface area contributed by atoms with Crippen LogP contribution in [0.1, 0.15) is 68.6 Å². The molecule has 39 heavy (non-hydrogen) atoms. The maximum absolute atomic E-state index is 13.6. The van der Waals surface area contributed by atoms with Gasteiger partial charge in [-0.25, -0.2) is 8.42 Å². The highest BCUT2D eigenvalue weighted by atomic mass is 32.2. The van der Waals surface area contributed by atoms with E-state index in [1.165, 1.54) is 10.6 Å². The first-order valence-corrected chi connectivity index (χ1v) is 15.7. The van der Waals surface area contributed by atoms with Gasteiger partial charge >= 0.3 is 0 Å². The van der Waals surface area contributed by atoms with E-state index in [9.17, 15) is 18.0 Å². The lowest BCUT2D eigenvalue weighted by molar-refractivity contribution is -0.141. The minimum atomic E-state index is -3.54. The molecule has 0 saturated heterocycles. The number of methoxy groups -OCH3 is 1. The van der Waals surface area contributed by atoms with E-state index in [1.54, 1.807) is 12.0 Å². The highest BCUT2D eigenvalue weighted by Gasteiger charge is 2.30. The van der Waals surface area contributed by atoms with Crippen molar-refractivity contribution in [1.82, 2.24) is 10.2 Å². The van der Waals surface area contributed by atoms with E-state index < -0.39 is 16.1 Å². The van der Waals surface area contributed by atoms with Crippen molar-refractivity contribution < 1.29 is 22.7 Å². The summed E-state index contributed by atoms with van der Waals surface area (Å²) in [6.45, 7) is 6.23. The predicted molar refractivity (Wildman–Crippen MR) is 155 cm³/mol. The number of hydrogen-bond acceptors (Lipinski definition) is 5. The van der Waals surface area contributed by atoms with Crippen LogP contribution in [0.25, 0.3) is 0 Å². The van der Waals surface area contributed by atoms with Crippen LogP contribution in [0.15, 0.2) is 42.5 Å². The number of ether oxygens (including phenoxy) is 1. The monoisotopic (exact) mass is 557 g/mol. The zero-order valence-electron chi connectivity index (χ0n) is 23.9. The van der Waals surface area contributed by atoms with Crippen LogP contribution >= 0.6 is 0 Å². The van der Waals surface area contributed by atoms with Crippen LogP contribution in [-0.4, -0.2) is 57.1 Å². The number of rotatable bonds is 13. The van der Waals surface area contributed by atoms with Gasteiger partial charge in [-0.15, -0.1) is 0 Å². The molecule has 1 aliphatic rings. The second kappa shape index (κ2) is 13.8. The van der Waals surface area contributed by atoms with Crippen molar-refractivity contribution >= 4 is 27.5 Å². The lowest BCUT2D eigenvalue weighted by Crippen LogP contribution is -2.51. The lowest BCUT2D eigenvalue weighted by atomic mass is 10.1. The molecule has 214 valence electrons.